The summed E-state index contributed by atoms with van der Waals surface area (Å²) >= 11 is 1.65. The molecule has 164 valence electrons. The number of likely N-dealkylation sites (N-methyl/N-ethyl adjacent to an activating group) is 1. The predicted molar refractivity (Wildman–Crippen MR) is 126 cm³/mol. The van der Waals surface area contributed by atoms with Crippen LogP contribution in [0, 0.1) is 0 Å². The first-order valence-corrected chi connectivity index (χ1v) is 11.5. The van der Waals surface area contributed by atoms with Crippen molar-refractivity contribution in [3.63, 3.8) is 0 Å². The maximum absolute atomic E-state index is 13.3. The summed E-state index contributed by atoms with van der Waals surface area (Å²) in [5.74, 6) is -0.727. The van der Waals surface area contributed by atoms with Crippen LogP contribution >= 0.6 is 11.8 Å². The van der Waals surface area contributed by atoms with Gasteiger partial charge in [0, 0.05) is 18.5 Å². The molecule has 1 N–H and O–H groups in total. The first kappa shape index (κ1) is 21.9. The van der Waals surface area contributed by atoms with Gasteiger partial charge in [-0.15, -0.1) is 11.8 Å². The minimum absolute atomic E-state index is 0.301. The second-order valence-electron chi connectivity index (χ2n) is 8.07. The van der Waals surface area contributed by atoms with Gasteiger partial charge in [0.05, 0.1) is 0 Å². The van der Waals surface area contributed by atoms with Gasteiger partial charge in [-0.2, -0.15) is 0 Å². The van der Waals surface area contributed by atoms with Crippen LogP contribution in [-0.2, 0) is 21.7 Å². The molecule has 0 radical (unpaired) electrons. The maximum Gasteiger partial charge on any atom is 0.325 e. The Labute approximate surface area is 191 Å². The van der Waals surface area contributed by atoms with Crippen LogP contribution in [0.5, 0.6) is 0 Å². The van der Waals surface area contributed by atoms with Crippen molar-refractivity contribution >= 4 is 40.4 Å². The lowest BCUT2D eigenvalue weighted by Crippen LogP contribution is -2.43. The molecule has 1 atom stereocenters. The Kier molecular flexibility index (Phi) is 5.93. The number of amides is 4. The van der Waals surface area contributed by atoms with Crippen LogP contribution in [0.25, 0.3) is 10.8 Å². The largest absolute Gasteiger partial charge is 0.340 e. The summed E-state index contributed by atoms with van der Waals surface area (Å²) in [4.78, 5) is 42.6. The predicted octanol–water partition coefficient (Wildman–Crippen LogP) is 3.99. The van der Waals surface area contributed by atoms with E-state index in [0.29, 0.717) is 12.1 Å². The molecule has 0 aliphatic carbocycles. The number of rotatable bonds is 6. The van der Waals surface area contributed by atoms with E-state index in [1.54, 1.807) is 25.7 Å². The van der Waals surface area contributed by atoms with Crippen LogP contribution in [0.1, 0.15) is 18.1 Å². The number of nitrogens with one attached hydrogen (secondary N) is 1. The van der Waals surface area contributed by atoms with E-state index >= 15 is 0 Å². The molecule has 32 heavy (non-hydrogen) atoms. The van der Waals surface area contributed by atoms with Crippen molar-refractivity contribution < 1.29 is 14.4 Å². The minimum atomic E-state index is -1.23. The van der Waals surface area contributed by atoms with Crippen molar-refractivity contribution in [2.24, 2.45) is 0 Å². The van der Waals surface area contributed by atoms with E-state index in [0.717, 1.165) is 26.1 Å². The normalized spacial score (nSPS) is 18.2. The van der Waals surface area contributed by atoms with E-state index in [-0.39, 0.29) is 12.5 Å². The van der Waals surface area contributed by atoms with Crippen molar-refractivity contribution in [2.75, 3.05) is 19.8 Å². The number of thioether (sulfide) groups is 1. The summed E-state index contributed by atoms with van der Waals surface area (Å²) in [6.45, 7) is 1.79. The molecule has 1 fully saturated rings. The fourth-order valence-corrected chi connectivity index (χ4v) is 4.44. The molecule has 7 heteroatoms. The van der Waals surface area contributed by atoms with Crippen LogP contribution in [0.3, 0.4) is 0 Å². The molecule has 1 heterocycles. The zero-order chi connectivity index (χ0) is 22.9. The van der Waals surface area contributed by atoms with Gasteiger partial charge < -0.3 is 10.2 Å². The van der Waals surface area contributed by atoms with Gasteiger partial charge in [-0.05, 0) is 47.2 Å². The Balaban J connectivity index is 1.51. The van der Waals surface area contributed by atoms with Crippen LogP contribution in [0.2, 0.25) is 0 Å². The van der Waals surface area contributed by atoms with E-state index in [1.807, 2.05) is 73.0 Å². The number of hydrogen-bond donors (Lipinski definition) is 1. The fourth-order valence-electron chi connectivity index (χ4n) is 4.03. The molecule has 0 spiro atoms. The molecular weight excluding hydrogens is 422 g/mol. The number of fused-ring (bicyclic) bond motifs is 1. The zero-order valence-corrected chi connectivity index (χ0v) is 19.1. The molecule has 6 nitrogen and oxygen atoms in total. The van der Waals surface area contributed by atoms with E-state index in [4.69, 9.17) is 0 Å². The van der Waals surface area contributed by atoms with Crippen molar-refractivity contribution in [1.82, 2.24) is 15.1 Å². The van der Waals surface area contributed by atoms with Gasteiger partial charge >= 0.3 is 6.03 Å². The average Bonchev–Trinajstić information content (AvgIpc) is 3.02. The number of imide groups is 1. The van der Waals surface area contributed by atoms with Gasteiger partial charge in [0.2, 0.25) is 5.91 Å². The number of carbonyl (C=O) groups is 3. The fraction of sp³-hybridized carbons (Fsp3) is 0.240. The molecular formula is C25H25N3O3S. The van der Waals surface area contributed by atoms with Gasteiger partial charge in [0.25, 0.3) is 5.91 Å². The van der Waals surface area contributed by atoms with Crippen molar-refractivity contribution in [1.29, 1.82) is 0 Å². The molecule has 3 aromatic carbocycles. The molecule has 0 bridgehead atoms. The highest BCUT2D eigenvalue weighted by Crippen LogP contribution is 2.33. The standard InChI is InChI=1S/C25H25N3O3S/c1-25(21-10-6-8-18-7-4-5-9-20(18)21)23(30)28(24(31)26-25)16-22(29)27(2)15-17-11-13-19(32-3)14-12-17/h4-14H,15-16H2,1-3H3,(H,26,31). The van der Waals surface area contributed by atoms with Gasteiger partial charge in [0.1, 0.15) is 12.1 Å². The topological polar surface area (TPSA) is 69.7 Å². The van der Waals surface area contributed by atoms with E-state index < -0.39 is 17.5 Å². The molecule has 1 aliphatic rings. The van der Waals surface area contributed by atoms with Crippen LogP contribution < -0.4 is 5.32 Å². The molecule has 4 amide bonds. The summed E-state index contributed by atoms with van der Waals surface area (Å²) in [5, 5.41) is 4.68. The monoisotopic (exact) mass is 447 g/mol. The average molecular weight is 448 g/mol. The van der Waals surface area contributed by atoms with Crippen LogP contribution in [0.15, 0.2) is 71.6 Å². The minimum Gasteiger partial charge on any atom is -0.340 e. The third-order valence-corrected chi connectivity index (χ3v) is 6.64. The Morgan fingerprint density at radius 1 is 1.03 bits per heavy atom. The maximum atomic E-state index is 13.3. The highest BCUT2D eigenvalue weighted by molar-refractivity contribution is 7.98. The van der Waals surface area contributed by atoms with Crippen molar-refractivity contribution in [3.05, 3.63) is 77.9 Å². The smallest absolute Gasteiger partial charge is 0.325 e. The lowest BCUT2D eigenvalue weighted by Gasteiger charge is -2.24. The molecule has 4 rings (SSSR count). The number of benzene rings is 3. The van der Waals surface area contributed by atoms with Gasteiger partial charge in [-0.1, -0.05) is 54.6 Å². The summed E-state index contributed by atoms with van der Waals surface area (Å²) in [6.07, 6.45) is 2.01. The van der Waals surface area contributed by atoms with Crippen LogP contribution in [-0.4, -0.2) is 47.5 Å². The molecule has 3 aromatic rings. The lowest BCUT2D eigenvalue weighted by molar-refractivity contribution is -0.138. The van der Waals surface area contributed by atoms with Gasteiger partial charge in [-0.25, -0.2) is 4.79 Å². The van der Waals surface area contributed by atoms with Gasteiger partial charge in [-0.3, -0.25) is 14.5 Å². The molecule has 1 saturated heterocycles. The highest BCUT2D eigenvalue weighted by Gasteiger charge is 2.50. The molecule has 1 aliphatic heterocycles. The van der Waals surface area contributed by atoms with E-state index in [9.17, 15) is 14.4 Å². The van der Waals surface area contributed by atoms with E-state index in [2.05, 4.69) is 5.32 Å². The first-order chi connectivity index (χ1) is 15.3. The molecule has 0 aromatic heterocycles. The third-order valence-electron chi connectivity index (χ3n) is 5.90. The number of carbonyl (C=O) groups excluding carboxylic acids is 3. The number of urea groups is 1. The summed E-state index contributed by atoms with van der Waals surface area (Å²) < 4.78 is 0. The number of hydrogen-bond acceptors (Lipinski definition) is 4. The first-order valence-electron chi connectivity index (χ1n) is 10.3. The zero-order valence-electron chi connectivity index (χ0n) is 18.3. The third kappa shape index (κ3) is 3.96. The van der Waals surface area contributed by atoms with Crippen LogP contribution in [0.4, 0.5) is 4.79 Å². The van der Waals surface area contributed by atoms with Crippen molar-refractivity contribution in [3.8, 4) is 0 Å². The lowest BCUT2D eigenvalue weighted by atomic mass is 9.88. The molecule has 0 saturated carbocycles. The highest BCUT2D eigenvalue weighted by atomic mass is 32.2. The van der Waals surface area contributed by atoms with Gasteiger partial charge in [0.15, 0.2) is 0 Å². The van der Waals surface area contributed by atoms with Crippen molar-refractivity contribution in [2.45, 2.75) is 23.9 Å². The molecule has 1 unspecified atom stereocenters. The second kappa shape index (κ2) is 8.67. The Hall–Kier alpha value is -3.32. The Morgan fingerprint density at radius 2 is 1.72 bits per heavy atom. The number of nitrogens with zero attached hydrogens (tertiary/aromatic N) is 2. The van der Waals surface area contributed by atoms with E-state index in [1.165, 1.54) is 4.90 Å². The Bertz CT molecular complexity index is 1190. The summed E-state index contributed by atoms with van der Waals surface area (Å²) in [7, 11) is 1.67. The summed E-state index contributed by atoms with van der Waals surface area (Å²) in [6, 6.07) is 20.8. The SMILES string of the molecule is CSc1ccc(CN(C)C(=O)CN2C(=O)NC(C)(c3cccc4ccccc34)C2=O)cc1. The summed E-state index contributed by atoms with van der Waals surface area (Å²) in [5.41, 5.74) is 0.465. The quantitative estimate of drug-likeness (QED) is 0.458. The Morgan fingerprint density at radius 3 is 2.44 bits per heavy atom. The second-order valence-corrected chi connectivity index (χ2v) is 8.95.